The number of urea groups is 1. The van der Waals surface area contributed by atoms with E-state index >= 15 is 0 Å². The highest BCUT2D eigenvalue weighted by Gasteiger charge is 2.11. The molecule has 0 aromatic carbocycles. The predicted molar refractivity (Wildman–Crippen MR) is 54.3 cm³/mol. The van der Waals surface area contributed by atoms with Crippen molar-refractivity contribution >= 4 is 11.9 Å². The number of hydrogen-bond donors (Lipinski definition) is 4. The zero-order chi connectivity index (χ0) is 11.0. The number of carbonyl (C=O) groups is 1. The monoisotopic (exact) mass is 202 g/mol. The van der Waals surface area contributed by atoms with Crippen LogP contribution in [0.25, 0.3) is 0 Å². The van der Waals surface area contributed by atoms with Crippen LogP contribution in [-0.4, -0.2) is 29.7 Å². The Balaban J connectivity index is 3.96. The average molecular weight is 202 g/mol. The van der Waals surface area contributed by atoms with Gasteiger partial charge in [-0.1, -0.05) is 12.1 Å². The number of amidine groups is 1. The van der Waals surface area contributed by atoms with Gasteiger partial charge < -0.3 is 21.6 Å². The largest absolute Gasteiger partial charge is 0.409 e. The van der Waals surface area contributed by atoms with Gasteiger partial charge in [-0.25, -0.2) is 4.79 Å². The second kappa shape index (κ2) is 6.99. The van der Waals surface area contributed by atoms with Gasteiger partial charge in [-0.15, -0.1) is 0 Å². The molecule has 0 bridgehead atoms. The van der Waals surface area contributed by atoms with E-state index in [1.807, 2.05) is 13.8 Å². The lowest BCUT2D eigenvalue weighted by Gasteiger charge is -2.15. The number of nitrogens with two attached hydrogens (primary N) is 1. The standard InChI is InChI=1S/C8H18N4O2/c1-3-6(5-7(9)12-14)11-8(13)10-4-2/h6,14H,3-5H2,1-2H3,(H2,9,12)(H2,10,11,13). The fourth-order valence-corrected chi connectivity index (χ4v) is 0.988. The highest BCUT2D eigenvalue weighted by Crippen LogP contribution is 1.97. The van der Waals surface area contributed by atoms with E-state index in [4.69, 9.17) is 10.9 Å². The fraction of sp³-hybridized carbons (Fsp3) is 0.750. The Morgan fingerprint density at radius 3 is 2.64 bits per heavy atom. The van der Waals surface area contributed by atoms with E-state index in [9.17, 15) is 4.79 Å². The van der Waals surface area contributed by atoms with Gasteiger partial charge in [0.15, 0.2) is 0 Å². The van der Waals surface area contributed by atoms with Gasteiger partial charge in [0.25, 0.3) is 0 Å². The molecule has 82 valence electrons. The maximum atomic E-state index is 11.1. The normalized spacial score (nSPS) is 13.4. The first kappa shape index (κ1) is 12.5. The predicted octanol–water partition coefficient (Wildman–Crippen LogP) is 0.221. The zero-order valence-electron chi connectivity index (χ0n) is 8.58. The lowest BCUT2D eigenvalue weighted by molar-refractivity contribution is 0.237. The van der Waals surface area contributed by atoms with Crippen molar-refractivity contribution in [3.05, 3.63) is 0 Å². The molecule has 0 saturated heterocycles. The molecule has 0 radical (unpaired) electrons. The van der Waals surface area contributed by atoms with Crippen LogP contribution in [0.1, 0.15) is 26.7 Å². The third-order valence-corrected chi connectivity index (χ3v) is 1.75. The molecule has 0 spiro atoms. The summed E-state index contributed by atoms with van der Waals surface area (Å²) in [6, 6.07) is -0.331. The minimum Gasteiger partial charge on any atom is -0.409 e. The fourth-order valence-electron chi connectivity index (χ4n) is 0.988. The van der Waals surface area contributed by atoms with Gasteiger partial charge in [-0.2, -0.15) is 0 Å². The van der Waals surface area contributed by atoms with Gasteiger partial charge in [0.05, 0.1) is 0 Å². The molecule has 0 fully saturated rings. The number of amides is 2. The van der Waals surface area contributed by atoms with E-state index in [1.54, 1.807) is 0 Å². The second-order valence-corrected chi connectivity index (χ2v) is 2.90. The molecule has 6 nitrogen and oxygen atoms in total. The molecule has 2 amide bonds. The average Bonchev–Trinajstić information content (AvgIpc) is 2.16. The summed E-state index contributed by atoms with van der Waals surface area (Å²) < 4.78 is 0. The van der Waals surface area contributed by atoms with Crippen LogP contribution in [0.2, 0.25) is 0 Å². The van der Waals surface area contributed by atoms with E-state index in [1.165, 1.54) is 0 Å². The van der Waals surface area contributed by atoms with E-state index < -0.39 is 0 Å². The topological polar surface area (TPSA) is 99.7 Å². The summed E-state index contributed by atoms with van der Waals surface area (Å²) in [7, 11) is 0. The van der Waals surface area contributed by atoms with Crippen molar-refractivity contribution in [1.29, 1.82) is 0 Å². The first-order chi connectivity index (χ1) is 6.63. The maximum Gasteiger partial charge on any atom is 0.315 e. The molecule has 1 atom stereocenters. The molecule has 0 saturated carbocycles. The number of nitrogens with one attached hydrogen (secondary N) is 2. The van der Waals surface area contributed by atoms with Crippen LogP contribution in [0.4, 0.5) is 4.79 Å². The Morgan fingerprint density at radius 2 is 2.21 bits per heavy atom. The van der Waals surface area contributed by atoms with Crippen LogP contribution in [0.3, 0.4) is 0 Å². The first-order valence-corrected chi connectivity index (χ1v) is 4.64. The van der Waals surface area contributed by atoms with Crippen LogP contribution in [0.5, 0.6) is 0 Å². The Morgan fingerprint density at radius 1 is 1.57 bits per heavy atom. The van der Waals surface area contributed by atoms with E-state index in [-0.39, 0.29) is 17.9 Å². The lowest BCUT2D eigenvalue weighted by Crippen LogP contribution is -2.43. The van der Waals surface area contributed by atoms with Crippen molar-refractivity contribution in [3.8, 4) is 0 Å². The minimum absolute atomic E-state index is 0.0996. The summed E-state index contributed by atoms with van der Waals surface area (Å²) >= 11 is 0. The number of hydrogen-bond acceptors (Lipinski definition) is 3. The van der Waals surface area contributed by atoms with Gasteiger partial charge in [0.1, 0.15) is 5.84 Å². The quantitative estimate of drug-likeness (QED) is 0.222. The summed E-state index contributed by atoms with van der Waals surface area (Å²) in [5.41, 5.74) is 5.33. The van der Waals surface area contributed by atoms with Crippen molar-refractivity contribution in [2.24, 2.45) is 10.9 Å². The molecule has 1 unspecified atom stereocenters. The van der Waals surface area contributed by atoms with E-state index in [2.05, 4.69) is 15.8 Å². The number of nitrogens with zero attached hydrogens (tertiary/aromatic N) is 1. The molecule has 0 aromatic heterocycles. The van der Waals surface area contributed by atoms with Gasteiger partial charge in [0.2, 0.25) is 0 Å². The molecular weight excluding hydrogens is 184 g/mol. The maximum absolute atomic E-state index is 11.1. The Hall–Kier alpha value is -1.46. The van der Waals surface area contributed by atoms with E-state index in [0.717, 1.165) is 6.42 Å². The zero-order valence-corrected chi connectivity index (χ0v) is 8.58. The SMILES string of the molecule is CCNC(=O)NC(CC)CC(N)=NO. The van der Waals surface area contributed by atoms with Crippen molar-refractivity contribution in [3.63, 3.8) is 0 Å². The molecule has 0 rings (SSSR count). The van der Waals surface area contributed by atoms with Gasteiger partial charge >= 0.3 is 6.03 Å². The Kier molecular flexibility index (Phi) is 6.26. The number of carbonyl (C=O) groups excluding carboxylic acids is 1. The molecule has 0 heterocycles. The third-order valence-electron chi connectivity index (χ3n) is 1.75. The summed E-state index contributed by atoms with van der Waals surface area (Å²) in [4.78, 5) is 11.1. The minimum atomic E-state index is -0.231. The molecule has 0 aliphatic rings. The van der Waals surface area contributed by atoms with Gasteiger partial charge in [0, 0.05) is 19.0 Å². The summed E-state index contributed by atoms with van der Waals surface area (Å²) in [6.07, 6.45) is 1.08. The molecular formula is C8H18N4O2. The lowest BCUT2D eigenvalue weighted by atomic mass is 10.1. The van der Waals surface area contributed by atoms with Gasteiger partial charge in [-0.05, 0) is 13.3 Å². The molecule has 6 heteroatoms. The molecule has 14 heavy (non-hydrogen) atoms. The number of rotatable bonds is 5. The molecule has 5 N–H and O–H groups in total. The highest BCUT2D eigenvalue weighted by molar-refractivity contribution is 5.81. The van der Waals surface area contributed by atoms with Crippen molar-refractivity contribution < 1.29 is 10.0 Å². The Bertz CT molecular complexity index is 206. The van der Waals surface area contributed by atoms with Crippen molar-refractivity contribution in [2.45, 2.75) is 32.7 Å². The Labute approximate surface area is 83.5 Å². The smallest absolute Gasteiger partial charge is 0.315 e. The van der Waals surface area contributed by atoms with Crippen LogP contribution in [-0.2, 0) is 0 Å². The van der Waals surface area contributed by atoms with Crippen molar-refractivity contribution in [1.82, 2.24) is 10.6 Å². The van der Waals surface area contributed by atoms with E-state index in [0.29, 0.717) is 13.0 Å². The van der Waals surface area contributed by atoms with Crippen LogP contribution >= 0.6 is 0 Å². The van der Waals surface area contributed by atoms with Crippen molar-refractivity contribution in [2.75, 3.05) is 6.54 Å². The molecule has 0 aliphatic heterocycles. The molecule has 0 aromatic rings. The van der Waals surface area contributed by atoms with Crippen LogP contribution in [0, 0.1) is 0 Å². The first-order valence-electron chi connectivity index (χ1n) is 4.64. The van der Waals surface area contributed by atoms with Gasteiger partial charge in [-0.3, -0.25) is 0 Å². The summed E-state index contributed by atoms with van der Waals surface area (Å²) in [6.45, 7) is 4.33. The summed E-state index contributed by atoms with van der Waals surface area (Å²) in [5.74, 6) is 0.119. The molecule has 0 aliphatic carbocycles. The third kappa shape index (κ3) is 5.23. The van der Waals surface area contributed by atoms with Crippen LogP contribution < -0.4 is 16.4 Å². The summed E-state index contributed by atoms with van der Waals surface area (Å²) in [5, 5.41) is 16.5. The second-order valence-electron chi connectivity index (χ2n) is 2.90. The number of oxime groups is 1. The van der Waals surface area contributed by atoms with Crippen LogP contribution in [0.15, 0.2) is 5.16 Å². The highest BCUT2D eigenvalue weighted by atomic mass is 16.4.